The number of pyridine rings is 1. The lowest BCUT2D eigenvalue weighted by atomic mass is 9.76. The first-order valence-electron chi connectivity index (χ1n) is 15.7. The number of carbonyl (C=O) groups excluding carboxylic acids is 2. The Morgan fingerprint density at radius 3 is 2.27 bits per heavy atom. The minimum absolute atomic E-state index is 0.0272. The first-order valence-corrected chi connectivity index (χ1v) is 17.5. The smallest absolute Gasteiger partial charge is 0.276 e. The molecule has 1 aromatic carbocycles. The van der Waals surface area contributed by atoms with Crippen LogP contribution in [0.5, 0.6) is 0 Å². The van der Waals surface area contributed by atoms with Crippen molar-refractivity contribution in [3.63, 3.8) is 0 Å². The van der Waals surface area contributed by atoms with E-state index in [0.717, 1.165) is 19.3 Å². The predicted octanol–water partition coefficient (Wildman–Crippen LogP) is 3.88. The molecule has 4 aliphatic rings. The molecule has 2 saturated carbocycles. The van der Waals surface area contributed by atoms with Crippen molar-refractivity contribution in [2.75, 3.05) is 42.5 Å². The van der Waals surface area contributed by atoms with Crippen LogP contribution in [0, 0.1) is 11.8 Å². The van der Waals surface area contributed by atoms with Gasteiger partial charge in [-0.3, -0.25) is 9.59 Å². The van der Waals surface area contributed by atoms with E-state index in [0.29, 0.717) is 31.5 Å². The summed E-state index contributed by atoms with van der Waals surface area (Å²) < 4.78 is 59.8. The van der Waals surface area contributed by atoms with Gasteiger partial charge in [-0.2, -0.15) is 4.31 Å². The Labute approximate surface area is 267 Å². The Balaban J connectivity index is 1.06. The van der Waals surface area contributed by atoms with Gasteiger partial charge in [0.2, 0.25) is 21.8 Å². The molecule has 2 aromatic rings. The fourth-order valence-electron chi connectivity index (χ4n) is 6.92. The number of hydrogen-bond acceptors (Lipinski definition) is 7. The lowest BCUT2D eigenvalue weighted by molar-refractivity contribution is -0.130. The van der Waals surface area contributed by atoms with Gasteiger partial charge in [0, 0.05) is 74.3 Å². The molecule has 2 amide bonds. The molecule has 244 valence electrons. The lowest BCUT2D eigenvalue weighted by Crippen LogP contribution is -2.52. The highest BCUT2D eigenvalue weighted by molar-refractivity contribution is 7.89. The third kappa shape index (κ3) is 6.68. The summed E-state index contributed by atoms with van der Waals surface area (Å²) in [5, 5.41) is 2.94. The number of anilines is 2. The largest absolute Gasteiger partial charge is 0.354 e. The van der Waals surface area contributed by atoms with E-state index in [1.165, 1.54) is 28.6 Å². The molecule has 1 aromatic heterocycles. The Morgan fingerprint density at radius 2 is 1.67 bits per heavy atom. The summed E-state index contributed by atoms with van der Waals surface area (Å²) in [5.74, 6) is -4.13. The normalized spacial score (nSPS) is 26.5. The maximum atomic E-state index is 15.8. The predicted molar refractivity (Wildman–Crippen MR) is 167 cm³/mol. The van der Waals surface area contributed by atoms with Crippen LogP contribution >= 0.6 is 11.6 Å². The van der Waals surface area contributed by atoms with Crippen LogP contribution in [0.25, 0.3) is 0 Å². The molecule has 45 heavy (non-hydrogen) atoms. The molecule has 0 bridgehead atoms. The molecule has 3 heterocycles. The van der Waals surface area contributed by atoms with E-state index < -0.39 is 21.9 Å². The number of aromatic nitrogens is 1. The van der Waals surface area contributed by atoms with Crippen molar-refractivity contribution in [3.8, 4) is 0 Å². The average Bonchev–Trinajstić information content (AvgIpc) is 3.45. The number of halogens is 3. The Morgan fingerprint density at radius 1 is 1.00 bits per heavy atom. The number of sulfonamides is 1. The first-order chi connectivity index (χ1) is 21.4. The monoisotopic (exact) mass is 664 g/mol. The summed E-state index contributed by atoms with van der Waals surface area (Å²) in [6.45, 7) is 1.42. The molecule has 2 aliphatic carbocycles. The third-order valence-corrected chi connectivity index (χ3v) is 11.8. The zero-order valence-electron chi connectivity index (χ0n) is 25.0. The second-order valence-electron chi connectivity index (χ2n) is 12.7. The molecule has 2 aliphatic heterocycles. The standard InChI is InChI=1S/C31H39ClF2N6O4S/c32-27-16-22(31(33,34)21-5-3-20(4-6-21)30(42)36-24-18-23(35)19-24)17-28(37-27)38-12-14-39(15-13-38)45(43,44)26-9-7-25(8-10-26)40-11-1-2-29(40)41/h7-10,16-17,20-21,23-24H,1-6,11-15,18-19,35H2,(H,36,42). The van der Waals surface area contributed by atoms with Crippen molar-refractivity contribution in [2.45, 2.75) is 74.3 Å². The number of nitrogens with zero attached hydrogens (tertiary/aromatic N) is 4. The topological polar surface area (TPSA) is 129 Å². The van der Waals surface area contributed by atoms with E-state index in [9.17, 15) is 18.0 Å². The van der Waals surface area contributed by atoms with Gasteiger partial charge < -0.3 is 20.9 Å². The molecular weight excluding hydrogens is 626 g/mol. The fourth-order valence-corrected chi connectivity index (χ4v) is 8.54. The Bertz CT molecular complexity index is 1520. The number of amides is 2. The van der Waals surface area contributed by atoms with Crippen molar-refractivity contribution >= 4 is 44.9 Å². The van der Waals surface area contributed by atoms with Gasteiger partial charge in [0.1, 0.15) is 11.0 Å². The van der Waals surface area contributed by atoms with Gasteiger partial charge in [-0.1, -0.05) is 11.6 Å². The number of piperazine rings is 1. The number of nitrogens with one attached hydrogen (secondary N) is 1. The number of rotatable bonds is 8. The molecule has 2 saturated heterocycles. The first kappa shape index (κ1) is 32.1. The molecule has 6 rings (SSSR count). The van der Waals surface area contributed by atoms with Crippen molar-refractivity contribution < 1.29 is 26.8 Å². The number of hydrogen-bond donors (Lipinski definition) is 2. The van der Waals surface area contributed by atoms with Crippen molar-refractivity contribution in [1.82, 2.24) is 14.6 Å². The minimum Gasteiger partial charge on any atom is -0.354 e. The second kappa shape index (κ2) is 12.7. The van der Waals surface area contributed by atoms with Crippen LogP contribution in [-0.2, 0) is 25.5 Å². The van der Waals surface area contributed by atoms with Crippen LogP contribution in [0.3, 0.4) is 0 Å². The molecule has 3 N–H and O–H groups in total. The van der Waals surface area contributed by atoms with Crippen LogP contribution in [0.1, 0.15) is 56.9 Å². The van der Waals surface area contributed by atoms with E-state index in [1.807, 2.05) is 0 Å². The zero-order valence-corrected chi connectivity index (χ0v) is 26.6. The molecule has 14 heteroatoms. The molecule has 0 spiro atoms. The van der Waals surface area contributed by atoms with Gasteiger partial charge in [0.25, 0.3) is 5.92 Å². The molecule has 0 unspecified atom stereocenters. The average molecular weight is 665 g/mol. The van der Waals surface area contributed by atoms with Gasteiger partial charge in [-0.25, -0.2) is 22.2 Å². The highest BCUT2D eigenvalue weighted by Gasteiger charge is 2.45. The summed E-state index contributed by atoms with van der Waals surface area (Å²) in [6, 6.07) is 9.09. The van der Waals surface area contributed by atoms with E-state index in [1.54, 1.807) is 21.9 Å². The molecule has 4 fully saturated rings. The van der Waals surface area contributed by atoms with E-state index in [-0.39, 0.29) is 90.3 Å². The summed E-state index contributed by atoms with van der Waals surface area (Å²) in [7, 11) is -3.79. The molecule has 10 nitrogen and oxygen atoms in total. The summed E-state index contributed by atoms with van der Waals surface area (Å²) in [5.41, 5.74) is 6.25. The quantitative estimate of drug-likeness (QED) is 0.410. The van der Waals surface area contributed by atoms with Crippen LogP contribution < -0.4 is 20.9 Å². The number of carbonyl (C=O) groups is 2. The maximum absolute atomic E-state index is 15.8. The number of nitrogens with two attached hydrogens (primary N) is 1. The highest BCUT2D eigenvalue weighted by atomic mass is 35.5. The maximum Gasteiger partial charge on any atom is 0.276 e. The Kier molecular flexibility index (Phi) is 9.08. The van der Waals surface area contributed by atoms with Gasteiger partial charge in [-0.05, 0) is 81.3 Å². The summed E-state index contributed by atoms with van der Waals surface area (Å²) in [4.78, 5) is 32.5. The van der Waals surface area contributed by atoms with Crippen LogP contribution in [0.15, 0.2) is 41.3 Å². The summed E-state index contributed by atoms with van der Waals surface area (Å²) >= 11 is 6.24. The van der Waals surface area contributed by atoms with Crippen molar-refractivity contribution in [3.05, 3.63) is 47.1 Å². The van der Waals surface area contributed by atoms with Gasteiger partial charge >= 0.3 is 0 Å². The van der Waals surface area contributed by atoms with Crippen LogP contribution in [0.2, 0.25) is 5.15 Å². The third-order valence-electron chi connectivity index (χ3n) is 9.72. The van der Waals surface area contributed by atoms with Gasteiger partial charge in [0.05, 0.1) is 4.90 Å². The van der Waals surface area contributed by atoms with Crippen molar-refractivity contribution in [2.24, 2.45) is 17.6 Å². The zero-order chi connectivity index (χ0) is 31.9. The van der Waals surface area contributed by atoms with Gasteiger partial charge in [-0.15, -0.1) is 0 Å². The van der Waals surface area contributed by atoms with E-state index in [4.69, 9.17) is 17.3 Å². The van der Waals surface area contributed by atoms with Crippen molar-refractivity contribution in [1.29, 1.82) is 0 Å². The SMILES string of the molecule is NC1CC(NC(=O)C2CCC(C(F)(F)c3cc(Cl)nc(N4CCN(S(=O)(=O)c5ccc(N6CCCC6=O)cc5)CC4)c3)CC2)C1. The van der Waals surface area contributed by atoms with Crippen LogP contribution in [0.4, 0.5) is 20.3 Å². The highest BCUT2D eigenvalue weighted by Crippen LogP contribution is 2.46. The molecular formula is C31H39ClF2N6O4S. The van der Waals surface area contributed by atoms with Gasteiger partial charge in [0.15, 0.2) is 0 Å². The number of benzene rings is 1. The van der Waals surface area contributed by atoms with Crippen LogP contribution in [-0.4, -0.2) is 74.3 Å². The Hall–Kier alpha value is -2.87. The second-order valence-corrected chi connectivity index (χ2v) is 15.0. The molecule has 0 radical (unpaired) electrons. The molecule has 0 atom stereocenters. The van der Waals surface area contributed by atoms with E-state index in [2.05, 4.69) is 10.3 Å². The summed E-state index contributed by atoms with van der Waals surface area (Å²) in [6.07, 6.45) is 4.01. The minimum atomic E-state index is -3.79. The number of alkyl halides is 2. The lowest BCUT2D eigenvalue weighted by Gasteiger charge is -2.37. The van der Waals surface area contributed by atoms with E-state index >= 15 is 8.78 Å². The fraction of sp³-hybridized carbons (Fsp3) is 0.581.